The number of hydrogen-bond donors (Lipinski definition) is 1. The molecule has 10 heteroatoms. The van der Waals surface area contributed by atoms with Crippen LogP contribution in [0.15, 0.2) is 83.8 Å². The van der Waals surface area contributed by atoms with Crippen molar-refractivity contribution >= 4 is 52.3 Å². The van der Waals surface area contributed by atoms with Crippen LogP contribution in [0, 0.1) is 0 Å². The van der Waals surface area contributed by atoms with E-state index >= 15 is 0 Å². The Kier molecular flexibility index (Phi) is 11.9. The SMILES string of the molecule is CCCOc1ccc(NC(=O)CC2C(=O)N(c3cccc(SC)c3)C(=S)N2CCCN2CCN(Cc3ccccc3)CC2)cc1. The first-order valence-electron chi connectivity index (χ1n) is 15.7. The fourth-order valence-corrected chi connectivity index (χ4v) is 6.66. The van der Waals surface area contributed by atoms with Crippen LogP contribution >= 0.6 is 24.0 Å². The molecule has 8 nitrogen and oxygen atoms in total. The third-order valence-corrected chi connectivity index (χ3v) is 9.35. The summed E-state index contributed by atoms with van der Waals surface area (Å²) in [4.78, 5) is 36.7. The molecule has 2 amide bonds. The molecular weight excluding hydrogens is 603 g/mol. The number of thiocarbonyl (C=S) groups is 1. The third-order valence-electron chi connectivity index (χ3n) is 8.21. The van der Waals surface area contributed by atoms with E-state index in [-0.39, 0.29) is 18.2 Å². The number of ether oxygens (including phenoxy) is 1. The molecular formula is C35H43N5O3S2. The number of amides is 2. The van der Waals surface area contributed by atoms with Crippen molar-refractivity contribution in [3.05, 3.63) is 84.4 Å². The monoisotopic (exact) mass is 645 g/mol. The summed E-state index contributed by atoms with van der Waals surface area (Å²) in [6.07, 6.45) is 3.80. The summed E-state index contributed by atoms with van der Waals surface area (Å²) in [5.74, 6) is 0.377. The Bertz CT molecular complexity index is 1430. The van der Waals surface area contributed by atoms with Crippen molar-refractivity contribution in [2.75, 3.05) is 62.3 Å². The highest BCUT2D eigenvalue weighted by Gasteiger charge is 2.44. The molecule has 0 radical (unpaired) electrons. The molecule has 0 aliphatic carbocycles. The molecule has 0 bridgehead atoms. The Morgan fingerprint density at radius 3 is 2.40 bits per heavy atom. The van der Waals surface area contributed by atoms with Gasteiger partial charge in [-0.2, -0.15) is 0 Å². The molecule has 238 valence electrons. The summed E-state index contributed by atoms with van der Waals surface area (Å²) >= 11 is 7.53. The quantitative estimate of drug-likeness (QED) is 0.176. The highest BCUT2D eigenvalue weighted by atomic mass is 32.2. The number of piperazine rings is 1. The van der Waals surface area contributed by atoms with Gasteiger partial charge in [-0.3, -0.25) is 19.4 Å². The van der Waals surface area contributed by atoms with Crippen LogP contribution in [0.25, 0.3) is 0 Å². The molecule has 0 aromatic heterocycles. The van der Waals surface area contributed by atoms with Crippen LogP contribution in [0.1, 0.15) is 31.7 Å². The molecule has 2 heterocycles. The first kappa shape index (κ1) is 32.9. The first-order chi connectivity index (χ1) is 21.9. The standard InChI is InChI=1S/C35H43N5O3S2/c1-3-23-43-30-15-13-28(14-16-30)36-33(41)25-32-34(42)40(29-11-7-12-31(24-29)45-2)35(44)39(32)18-8-17-37-19-21-38(22-20-37)26-27-9-5-4-6-10-27/h4-7,9-16,24,32H,3,8,17-23,25-26H2,1-2H3,(H,36,41). The molecule has 45 heavy (non-hydrogen) atoms. The number of nitrogens with zero attached hydrogens (tertiary/aromatic N) is 4. The van der Waals surface area contributed by atoms with Gasteiger partial charge in [-0.15, -0.1) is 11.8 Å². The zero-order valence-corrected chi connectivity index (χ0v) is 27.8. The molecule has 2 saturated heterocycles. The molecule has 3 aromatic carbocycles. The Morgan fingerprint density at radius 1 is 0.956 bits per heavy atom. The second-order valence-corrected chi connectivity index (χ2v) is 12.7. The normalized spacial score (nSPS) is 17.6. The lowest BCUT2D eigenvalue weighted by molar-refractivity contribution is -0.124. The number of nitrogens with one attached hydrogen (secondary N) is 1. The number of carbonyl (C=O) groups is 2. The van der Waals surface area contributed by atoms with Gasteiger partial charge < -0.3 is 19.9 Å². The van der Waals surface area contributed by atoms with Crippen molar-refractivity contribution in [3.8, 4) is 5.75 Å². The van der Waals surface area contributed by atoms with Gasteiger partial charge in [-0.05, 0) is 85.9 Å². The van der Waals surface area contributed by atoms with Crippen LogP contribution in [0.3, 0.4) is 0 Å². The molecule has 3 aromatic rings. The predicted octanol–water partition coefficient (Wildman–Crippen LogP) is 5.74. The van der Waals surface area contributed by atoms with Crippen LogP contribution < -0.4 is 15.0 Å². The van der Waals surface area contributed by atoms with Crippen LogP contribution in [0.2, 0.25) is 0 Å². The fourth-order valence-electron chi connectivity index (χ4n) is 5.79. The Morgan fingerprint density at radius 2 is 1.69 bits per heavy atom. The largest absolute Gasteiger partial charge is 0.494 e. The average molecular weight is 646 g/mol. The lowest BCUT2D eigenvalue weighted by Gasteiger charge is -2.35. The van der Waals surface area contributed by atoms with Crippen molar-refractivity contribution in [1.82, 2.24) is 14.7 Å². The Hall–Kier alpha value is -3.44. The average Bonchev–Trinajstić information content (AvgIpc) is 3.29. The minimum absolute atomic E-state index is 0.0178. The van der Waals surface area contributed by atoms with Crippen LogP contribution in [-0.4, -0.2) is 89.8 Å². The summed E-state index contributed by atoms with van der Waals surface area (Å²) in [7, 11) is 0. The lowest BCUT2D eigenvalue weighted by Crippen LogP contribution is -2.47. The van der Waals surface area contributed by atoms with E-state index in [0.717, 1.165) is 68.4 Å². The van der Waals surface area contributed by atoms with Crippen LogP contribution in [0.4, 0.5) is 11.4 Å². The van der Waals surface area contributed by atoms with Gasteiger partial charge in [0.1, 0.15) is 11.8 Å². The van der Waals surface area contributed by atoms with Crippen LogP contribution in [-0.2, 0) is 16.1 Å². The second kappa shape index (κ2) is 16.2. The number of hydrogen-bond acceptors (Lipinski definition) is 7. The van der Waals surface area contributed by atoms with E-state index in [4.69, 9.17) is 17.0 Å². The van der Waals surface area contributed by atoms with Gasteiger partial charge in [0.2, 0.25) is 5.91 Å². The van der Waals surface area contributed by atoms with Gasteiger partial charge in [-0.25, -0.2) is 0 Å². The lowest BCUT2D eigenvalue weighted by atomic mass is 10.1. The van der Waals surface area contributed by atoms with Gasteiger partial charge in [0.25, 0.3) is 5.91 Å². The predicted molar refractivity (Wildman–Crippen MR) is 187 cm³/mol. The number of rotatable bonds is 14. The zero-order valence-electron chi connectivity index (χ0n) is 26.2. The zero-order chi connectivity index (χ0) is 31.6. The summed E-state index contributed by atoms with van der Waals surface area (Å²) in [5.41, 5.74) is 2.75. The summed E-state index contributed by atoms with van der Waals surface area (Å²) < 4.78 is 5.65. The van der Waals surface area contributed by atoms with Gasteiger partial charge in [0, 0.05) is 49.9 Å². The molecule has 1 unspecified atom stereocenters. The van der Waals surface area contributed by atoms with E-state index in [0.29, 0.717) is 24.0 Å². The smallest absolute Gasteiger partial charge is 0.256 e. The van der Waals surface area contributed by atoms with Crippen molar-refractivity contribution in [2.24, 2.45) is 0 Å². The van der Waals surface area contributed by atoms with Crippen molar-refractivity contribution in [2.45, 2.75) is 43.7 Å². The van der Waals surface area contributed by atoms with E-state index in [2.05, 4.69) is 52.4 Å². The second-order valence-electron chi connectivity index (χ2n) is 11.4. The van der Waals surface area contributed by atoms with Gasteiger partial charge in [-0.1, -0.05) is 43.3 Å². The Balaban J connectivity index is 1.20. The maximum absolute atomic E-state index is 13.9. The highest BCUT2D eigenvalue weighted by Crippen LogP contribution is 2.30. The highest BCUT2D eigenvalue weighted by molar-refractivity contribution is 7.98. The van der Waals surface area contributed by atoms with E-state index in [1.165, 1.54) is 5.56 Å². The molecule has 1 atom stereocenters. The summed E-state index contributed by atoms with van der Waals surface area (Å²) in [6, 6.07) is 25.1. The van der Waals surface area contributed by atoms with Gasteiger partial charge in [0.15, 0.2) is 5.11 Å². The Labute approximate surface area is 276 Å². The number of benzene rings is 3. The van der Waals surface area contributed by atoms with Gasteiger partial charge in [0.05, 0.1) is 18.7 Å². The number of thioether (sulfide) groups is 1. The fraction of sp³-hybridized carbons (Fsp3) is 0.400. The number of carbonyl (C=O) groups excluding carboxylic acids is 2. The molecule has 0 saturated carbocycles. The minimum Gasteiger partial charge on any atom is -0.494 e. The minimum atomic E-state index is -0.662. The summed E-state index contributed by atoms with van der Waals surface area (Å²) in [6.45, 7) is 9.29. The molecule has 2 fully saturated rings. The van der Waals surface area contributed by atoms with Crippen molar-refractivity contribution in [1.29, 1.82) is 0 Å². The van der Waals surface area contributed by atoms with E-state index in [9.17, 15) is 9.59 Å². The molecule has 2 aliphatic heterocycles. The van der Waals surface area contributed by atoms with E-state index < -0.39 is 6.04 Å². The van der Waals surface area contributed by atoms with E-state index in [1.807, 2.05) is 59.7 Å². The van der Waals surface area contributed by atoms with Crippen LogP contribution in [0.5, 0.6) is 5.75 Å². The topological polar surface area (TPSA) is 68.4 Å². The molecule has 1 N–H and O–H groups in total. The van der Waals surface area contributed by atoms with E-state index in [1.54, 1.807) is 16.7 Å². The summed E-state index contributed by atoms with van der Waals surface area (Å²) in [5, 5.41) is 3.42. The maximum atomic E-state index is 13.9. The third kappa shape index (κ3) is 8.85. The maximum Gasteiger partial charge on any atom is 0.256 e. The molecule has 5 rings (SSSR count). The van der Waals surface area contributed by atoms with Crippen molar-refractivity contribution < 1.29 is 14.3 Å². The number of anilines is 2. The molecule has 2 aliphatic rings. The van der Waals surface area contributed by atoms with Gasteiger partial charge >= 0.3 is 0 Å². The first-order valence-corrected chi connectivity index (χ1v) is 17.4. The van der Waals surface area contributed by atoms with Crippen molar-refractivity contribution in [3.63, 3.8) is 0 Å². The molecule has 0 spiro atoms.